The minimum absolute atomic E-state index is 0.00304. The van der Waals surface area contributed by atoms with E-state index in [-0.39, 0.29) is 11.9 Å². The summed E-state index contributed by atoms with van der Waals surface area (Å²) in [5.74, 6) is 2.04. The largest absolute Gasteiger partial charge is 0.490 e. The van der Waals surface area contributed by atoms with Crippen LogP contribution in [0.1, 0.15) is 48.3 Å². The van der Waals surface area contributed by atoms with Gasteiger partial charge in [0.2, 0.25) is 0 Å². The number of amides is 1. The average molecular weight is 413 g/mol. The lowest BCUT2D eigenvalue weighted by atomic mass is 10.1. The molecule has 7 nitrogen and oxygen atoms in total. The molecule has 0 heterocycles. The van der Waals surface area contributed by atoms with E-state index in [9.17, 15) is 4.79 Å². The Morgan fingerprint density at radius 3 is 2.47 bits per heavy atom. The van der Waals surface area contributed by atoms with Crippen LogP contribution in [0.15, 0.2) is 47.5 Å². The van der Waals surface area contributed by atoms with E-state index in [1.807, 2.05) is 50.2 Å². The molecule has 1 unspecified atom stereocenters. The van der Waals surface area contributed by atoms with Crippen LogP contribution >= 0.6 is 0 Å². The number of ether oxygens (including phenoxy) is 2. The summed E-state index contributed by atoms with van der Waals surface area (Å²) in [4.78, 5) is 16.1. The summed E-state index contributed by atoms with van der Waals surface area (Å²) in [7, 11) is 3.35. The highest BCUT2D eigenvalue weighted by molar-refractivity contribution is 5.94. The summed E-state index contributed by atoms with van der Waals surface area (Å²) in [5, 5.41) is 9.32. The van der Waals surface area contributed by atoms with Gasteiger partial charge in [-0.05, 0) is 56.2 Å². The predicted octanol–water partition coefficient (Wildman–Crippen LogP) is 3.27. The summed E-state index contributed by atoms with van der Waals surface area (Å²) in [6.45, 7) is 7.67. The van der Waals surface area contributed by atoms with E-state index in [0.717, 1.165) is 22.6 Å². The topological polar surface area (TPSA) is 84.0 Å². The number of hydrogen-bond donors (Lipinski definition) is 3. The molecule has 0 spiro atoms. The van der Waals surface area contributed by atoms with Gasteiger partial charge in [-0.1, -0.05) is 18.2 Å². The Labute approximate surface area is 178 Å². The van der Waals surface area contributed by atoms with Crippen LogP contribution < -0.4 is 25.4 Å². The highest BCUT2D eigenvalue weighted by Gasteiger charge is 2.13. The van der Waals surface area contributed by atoms with Crippen LogP contribution in [0, 0.1) is 0 Å². The van der Waals surface area contributed by atoms with Gasteiger partial charge in [0.15, 0.2) is 17.5 Å². The van der Waals surface area contributed by atoms with Crippen LogP contribution in [0.5, 0.6) is 11.5 Å². The molecular formula is C23H32N4O3. The second-order valence-electron chi connectivity index (χ2n) is 6.64. The molecule has 0 aliphatic rings. The number of aliphatic imine (C=N–C) groups is 1. The quantitative estimate of drug-likeness (QED) is 0.435. The van der Waals surface area contributed by atoms with E-state index in [1.54, 1.807) is 20.2 Å². The first-order valence-corrected chi connectivity index (χ1v) is 10.2. The van der Waals surface area contributed by atoms with E-state index in [1.165, 1.54) is 0 Å². The van der Waals surface area contributed by atoms with Crippen molar-refractivity contribution in [3.63, 3.8) is 0 Å². The molecule has 162 valence electrons. The third-order valence-electron chi connectivity index (χ3n) is 4.52. The van der Waals surface area contributed by atoms with E-state index in [0.29, 0.717) is 31.3 Å². The number of nitrogens with zero attached hydrogens (tertiary/aromatic N) is 1. The monoisotopic (exact) mass is 412 g/mol. The molecule has 7 heteroatoms. The van der Waals surface area contributed by atoms with Gasteiger partial charge >= 0.3 is 0 Å². The van der Waals surface area contributed by atoms with Gasteiger partial charge in [0.05, 0.1) is 19.3 Å². The van der Waals surface area contributed by atoms with Crippen LogP contribution in [0.3, 0.4) is 0 Å². The SMILES string of the molecule is CCOc1ccc(C(C)NC(=NC)NCc2cccc(C(=O)NC)c2)cc1OCC. The van der Waals surface area contributed by atoms with Gasteiger partial charge in [0.25, 0.3) is 5.91 Å². The number of carbonyl (C=O) groups is 1. The van der Waals surface area contributed by atoms with Crippen molar-refractivity contribution < 1.29 is 14.3 Å². The number of benzene rings is 2. The second-order valence-corrected chi connectivity index (χ2v) is 6.64. The summed E-state index contributed by atoms with van der Waals surface area (Å²) in [6.07, 6.45) is 0. The van der Waals surface area contributed by atoms with Gasteiger partial charge in [-0.3, -0.25) is 9.79 Å². The van der Waals surface area contributed by atoms with Crippen molar-refractivity contribution >= 4 is 11.9 Å². The molecule has 0 bridgehead atoms. The highest BCUT2D eigenvalue weighted by atomic mass is 16.5. The average Bonchev–Trinajstić information content (AvgIpc) is 2.77. The molecule has 2 aromatic carbocycles. The Kier molecular flexibility index (Phi) is 9.00. The molecule has 2 rings (SSSR count). The van der Waals surface area contributed by atoms with Crippen molar-refractivity contribution in [1.29, 1.82) is 0 Å². The first-order chi connectivity index (χ1) is 14.5. The van der Waals surface area contributed by atoms with Crippen molar-refractivity contribution in [3.8, 4) is 11.5 Å². The molecule has 1 atom stereocenters. The molecule has 2 aromatic rings. The lowest BCUT2D eigenvalue weighted by Gasteiger charge is -2.20. The Hall–Kier alpha value is -3.22. The lowest BCUT2D eigenvalue weighted by molar-refractivity contribution is 0.0963. The van der Waals surface area contributed by atoms with Crippen LogP contribution in [0.2, 0.25) is 0 Å². The number of hydrogen-bond acceptors (Lipinski definition) is 4. The minimum atomic E-state index is -0.103. The summed E-state index contributed by atoms with van der Waals surface area (Å²) in [5.41, 5.74) is 2.68. The fourth-order valence-electron chi connectivity index (χ4n) is 2.97. The van der Waals surface area contributed by atoms with E-state index in [2.05, 4.69) is 27.9 Å². The third kappa shape index (κ3) is 6.40. The van der Waals surface area contributed by atoms with Crippen LogP contribution in [-0.2, 0) is 6.54 Å². The number of rotatable bonds is 9. The van der Waals surface area contributed by atoms with Gasteiger partial charge in [-0.2, -0.15) is 0 Å². The van der Waals surface area contributed by atoms with Crippen molar-refractivity contribution in [1.82, 2.24) is 16.0 Å². The van der Waals surface area contributed by atoms with Crippen molar-refractivity contribution in [2.45, 2.75) is 33.4 Å². The Morgan fingerprint density at radius 2 is 1.80 bits per heavy atom. The molecule has 3 N–H and O–H groups in total. The van der Waals surface area contributed by atoms with E-state index >= 15 is 0 Å². The van der Waals surface area contributed by atoms with Crippen molar-refractivity contribution in [2.24, 2.45) is 4.99 Å². The summed E-state index contributed by atoms with van der Waals surface area (Å²) >= 11 is 0. The maximum absolute atomic E-state index is 11.8. The molecular weight excluding hydrogens is 380 g/mol. The van der Waals surface area contributed by atoms with E-state index in [4.69, 9.17) is 9.47 Å². The fourth-order valence-corrected chi connectivity index (χ4v) is 2.97. The molecule has 0 fully saturated rings. The Bertz CT molecular complexity index is 867. The highest BCUT2D eigenvalue weighted by Crippen LogP contribution is 2.30. The van der Waals surface area contributed by atoms with Crippen LogP contribution in [-0.4, -0.2) is 39.2 Å². The smallest absolute Gasteiger partial charge is 0.251 e. The van der Waals surface area contributed by atoms with Gasteiger partial charge in [-0.15, -0.1) is 0 Å². The molecule has 0 saturated heterocycles. The first kappa shape index (κ1) is 23.1. The molecule has 0 radical (unpaired) electrons. The molecule has 0 aromatic heterocycles. The van der Waals surface area contributed by atoms with Crippen molar-refractivity contribution in [2.75, 3.05) is 27.3 Å². The standard InChI is InChI=1S/C23H32N4O3/c1-6-29-20-12-11-18(14-21(20)30-7-2)16(3)27-23(25-5)26-15-17-9-8-10-19(13-17)22(28)24-4/h8-14,16H,6-7,15H2,1-5H3,(H,24,28)(H2,25,26,27). The molecule has 30 heavy (non-hydrogen) atoms. The zero-order valence-corrected chi connectivity index (χ0v) is 18.4. The third-order valence-corrected chi connectivity index (χ3v) is 4.52. The zero-order valence-electron chi connectivity index (χ0n) is 18.4. The van der Waals surface area contributed by atoms with Gasteiger partial charge in [0, 0.05) is 26.2 Å². The number of carbonyl (C=O) groups excluding carboxylic acids is 1. The number of nitrogens with one attached hydrogen (secondary N) is 3. The Balaban J connectivity index is 2.03. The molecule has 0 aliphatic carbocycles. The number of guanidine groups is 1. The predicted molar refractivity (Wildman–Crippen MR) is 120 cm³/mol. The van der Waals surface area contributed by atoms with Gasteiger partial charge in [0.1, 0.15) is 0 Å². The maximum Gasteiger partial charge on any atom is 0.251 e. The maximum atomic E-state index is 11.8. The van der Waals surface area contributed by atoms with Crippen molar-refractivity contribution in [3.05, 3.63) is 59.2 Å². The van der Waals surface area contributed by atoms with Crippen LogP contribution in [0.25, 0.3) is 0 Å². The second kappa shape index (κ2) is 11.7. The molecule has 1 amide bonds. The normalized spacial score (nSPS) is 12.1. The van der Waals surface area contributed by atoms with E-state index < -0.39 is 0 Å². The lowest BCUT2D eigenvalue weighted by Crippen LogP contribution is -2.38. The van der Waals surface area contributed by atoms with Crippen LogP contribution in [0.4, 0.5) is 0 Å². The summed E-state index contributed by atoms with van der Waals surface area (Å²) < 4.78 is 11.4. The van der Waals surface area contributed by atoms with Gasteiger partial charge < -0.3 is 25.4 Å². The minimum Gasteiger partial charge on any atom is -0.490 e. The zero-order chi connectivity index (χ0) is 21.9. The Morgan fingerprint density at radius 1 is 1.07 bits per heavy atom. The van der Waals surface area contributed by atoms with Gasteiger partial charge in [-0.25, -0.2) is 0 Å². The molecule has 0 aliphatic heterocycles. The first-order valence-electron chi connectivity index (χ1n) is 10.2. The molecule has 0 saturated carbocycles. The fraction of sp³-hybridized carbons (Fsp3) is 0.391. The summed E-state index contributed by atoms with van der Waals surface area (Å²) in [6, 6.07) is 13.4.